The molecule has 2 amide bonds. The van der Waals surface area contributed by atoms with Crippen molar-refractivity contribution in [3.8, 4) is 0 Å². The minimum Gasteiger partial charge on any atom is -0.272 e. The fourth-order valence-electron chi connectivity index (χ4n) is 5.34. The van der Waals surface area contributed by atoms with Crippen molar-refractivity contribution in [1.82, 2.24) is 5.01 Å². The van der Waals surface area contributed by atoms with Gasteiger partial charge < -0.3 is 0 Å². The molecule has 1 aliphatic heterocycles. The first-order valence-electron chi connectivity index (χ1n) is 8.30. The molecule has 0 unspecified atom stereocenters. The number of nitrogens with zero attached hydrogens (tertiary/aromatic N) is 2. The van der Waals surface area contributed by atoms with Gasteiger partial charge in [0.1, 0.15) is 0 Å². The van der Waals surface area contributed by atoms with Crippen LogP contribution in [-0.2, 0) is 9.59 Å². The molecule has 4 heteroatoms. The maximum Gasteiger partial charge on any atom is 0.265 e. The minimum atomic E-state index is -0.452. The molecular formula is C19H22N2O2. The predicted molar refractivity (Wildman–Crippen MR) is 88.3 cm³/mol. The Morgan fingerprint density at radius 3 is 2.61 bits per heavy atom. The lowest BCUT2D eigenvalue weighted by atomic mass is 9.67. The number of hydrogen-bond acceptors (Lipinski definition) is 2. The van der Waals surface area contributed by atoms with Gasteiger partial charge in [-0.3, -0.25) is 9.59 Å². The molecule has 1 heterocycles. The van der Waals surface area contributed by atoms with Crippen LogP contribution in [0.25, 0.3) is 0 Å². The molecule has 2 saturated carbocycles. The summed E-state index contributed by atoms with van der Waals surface area (Å²) >= 11 is 0. The average Bonchev–Trinajstić information content (AvgIpc) is 3.07. The first kappa shape index (κ1) is 14.5. The van der Waals surface area contributed by atoms with Crippen LogP contribution < -0.4 is 5.01 Å². The van der Waals surface area contributed by atoms with Gasteiger partial charge in [0.05, 0.1) is 17.1 Å². The topological polar surface area (TPSA) is 40.6 Å². The number of amides is 2. The molecular weight excluding hydrogens is 288 g/mol. The third-order valence-corrected chi connectivity index (χ3v) is 6.62. The minimum absolute atomic E-state index is 0.0468. The van der Waals surface area contributed by atoms with Crippen molar-refractivity contribution in [2.45, 2.75) is 39.2 Å². The molecule has 4 rings (SSSR count). The Hall–Kier alpha value is -2.10. The van der Waals surface area contributed by atoms with Gasteiger partial charge in [0.15, 0.2) is 0 Å². The summed E-state index contributed by atoms with van der Waals surface area (Å²) in [7, 11) is 0. The standard InChI is InChI=1S/C19H22N2O2/c1-4-16(22)21-15-12-13-10-11-19(15,18(13,2)3)17(23)20(21)14-8-6-5-7-9-14/h4-9,13,15H,1,10-12H2,2-3H3/t13-,15-,19-/m1/s1. The van der Waals surface area contributed by atoms with E-state index in [0.717, 1.165) is 24.9 Å². The lowest BCUT2D eigenvalue weighted by molar-refractivity contribution is -0.131. The van der Waals surface area contributed by atoms with Crippen molar-refractivity contribution in [3.05, 3.63) is 43.0 Å². The zero-order valence-electron chi connectivity index (χ0n) is 13.7. The van der Waals surface area contributed by atoms with E-state index >= 15 is 0 Å². The second kappa shape index (κ2) is 4.47. The molecule has 3 fully saturated rings. The lowest BCUT2D eigenvalue weighted by Crippen LogP contribution is -2.46. The quantitative estimate of drug-likeness (QED) is 0.787. The van der Waals surface area contributed by atoms with E-state index in [1.807, 2.05) is 30.3 Å². The normalized spacial score (nSPS) is 33.9. The van der Waals surface area contributed by atoms with Crippen LogP contribution in [0.1, 0.15) is 33.1 Å². The Morgan fingerprint density at radius 2 is 2.00 bits per heavy atom. The zero-order chi connectivity index (χ0) is 16.4. The van der Waals surface area contributed by atoms with Crippen molar-refractivity contribution in [2.24, 2.45) is 16.7 Å². The van der Waals surface area contributed by atoms with E-state index in [0.29, 0.717) is 5.92 Å². The van der Waals surface area contributed by atoms with Gasteiger partial charge in [-0.05, 0) is 48.8 Å². The highest BCUT2D eigenvalue weighted by molar-refractivity contribution is 6.06. The van der Waals surface area contributed by atoms with E-state index in [1.54, 1.807) is 10.0 Å². The van der Waals surface area contributed by atoms with Crippen LogP contribution >= 0.6 is 0 Å². The number of hydrogen-bond donors (Lipinski definition) is 0. The van der Waals surface area contributed by atoms with Gasteiger partial charge in [-0.25, -0.2) is 10.0 Å². The second-order valence-electron chi connectivity index (χ2n) is 7.52. The third-order valence-electron chi connectivity index (χ3n) is 6.62. The highest BCUT2D eigenvalue weighted by Gasteiger charge is 2.75. The summed E-state index contributed by atoms with van der Waals surface area (Å²) < 4.78 is 0. The molecule has 2 aliphatic carbocycles. The Labute approximate surface area is 136 Å². The van der Waals surface area contributed by atoms with Gasteiger partial charge in [0, 0.05) is 0 Å². The van der Waals surface area contributed by atoms with Crippen molar-refractivity contribution in [3.63, 3.8) is 0 Å². The monoisotopic (exact) mass is 310 g/mol. The molecule has 4 nitrogen and oxygen atoms in total. The molecule has 3 aliphatic rings. The first-order valence-corrected chi connectivity index (χ1v) is 8.30. The van der Waals surface area contributed by atoms with Crippen molar-refractivity contribution in [1.29, 1.82) is 0 Å². The molecule has 1 aromatic rings. The van der Waals surface area contributed by atoms with E-state index in [9.17, 15) is 9.59 Å². The number of hydrazine groups is 1. The van der Waals surface area contributed by atoms with Crippen molar-refractivity contribution in [2.75, 3.05) is 5.01 Å². The Kier molecular flexibility index (Phi) is 2.81. The number of para-hydroxylation sites is 1. The van der Waals surface area contributed by atoms with Crippen LogP contribution in [0.15, 0.2) is 43.0 Å². The van der Waals surface area contributed by atoms with Crippen LogP contribution in [0.2, 0.25) is 0 Å². The van der Waals surface area contributed by atoms with Gasteiger partial charge in [0.25, 0.3) is 11.8 Å². The van der Waals surface area contributed by atoms with E-state index in [2.05, 4.69) is 20.4 Å². The molecule has 1 aromatic carbocycles. The van der Waals surface area contributed by atoms with Gasteiger partial charge in [-0.2, -0.15) is 0 Å². The second-order valence-corrected chi connectivity index (χ2v) is 7.52. The summed E-state index contributed by atoms with van der Waals surface area (Å²) in [5.41, 5.74) is 0.236. The van der Waals surface area contributed by atoms with Gasteiger partial charge in [-0.15, -0.1) is 0 Å². The number of fused-ring (bicyclic) bond motifs is 1. The summed E-state index contributed by atoms with van der Waals surface area (Å²) in [6.07, 6.45) is 4.18. The van der Waals surface area contributed by atoms with E-state index in [4.69, 9.17) is 0 Å². The molecule has 2 bridgehead atoms. The smallest absolute Gasteiger partial charge is 0.265 e. The van der Waals surface area contributed by atoms with Crippen LogP contribution in [0.5, 0.6) is 0 Å². The number of rotatable bonds is 2. The van der Waals surface area contributed by atoms with Crippen LogP contribution in [0.4, 0.5) is 5.69 Å². The van der Waals surface area contributed by atoms with E-state index in [-0.39, 0.29) is 23.3 Å². The average molecular weight is 310 g/mol. The van der Waals surface area contributed by atoms with Gasteiger partial charge >= 0.3 is 0 Å². The molecule has 0 aromatic heterocycles. The Morgan fingerprint density at radius 1 is 1.30 bits per heavy atom. The molecule has 1 saturated heterocycles. The molecule has 23 heavy (non-hydrogen) atoms. The van der Waals surface area contributed by atoms with Gasteiger partial charge in [0.2, 0.25) is 0 Å². The molecule has 120 valence electrons. The molecule has 0 radical (unpaired) electrons. The number of carbonyl (C=O) groups is 2. The van der Waals surface area contributed by atoms with Crippen molar-refractivity contribution < 1.29 is 9.59 Å². The van der Waals surface area contributed by atoms with Crippen LogP contribution in [0.3, 0.4) is 0 Å². The SMILES string of the molecule is C=CC(=O)N1[C@@H]2C[C@H]3CC[C@@]2(C(=O)N1c1ccccc1)C3(C)C. The third kappa shape index (κ3) is 1.51. The highest BCUT2D eigenvalue weighted by atomic mass is 16.2. The summed E-state index contributed by atoms with van der Waals surface area (Å²) in [6.45, 7) is 8.04. The molecule has 3 atom stereocenters. The lowest BCUT2D eigenvalue weighted by Gasteiger charge is -2.34. The zero-order valence-corrected chi connectivity index (χ0v) is 13.7. The summed E-state index contributed by atoms with van der Waals surface area (Å²) in [4.78, 5) is 26.1. The van der Waals surface area contributed by atoms with Crippen LogP contribution in [0, 0.1) is 16.7 Å². The predicted octanol–water partition coefficient (Wildman–Crippen LogP) is 3.16. The number of carbonyl (C=O) groups excluding carboxylic acids is 2. The fraction of sp³-hybridized carbons (Fsp3) is 0.474. The van der Waals surface area contributed by atoms with E-state index < -0.39 is 5.41 Å². The largest absolute Gasteiger partial charge is 0.272 e. The Bertz CT molecular complexity index is 697. The number of benzene rings is 1. The number of anilines is 1. The fourth-order valence-corrected chi connectivity index (χ4v) is 5.34. The van der Waals surface area contributed by atoms with Crippen LogP contribution in [-0.4, -0.2) is 22.9 Å². The molecule has 1 spiro atoms. The highest BCUT2D eigenvalue weighted by Crippen LogP contribution is 2.70. The van der Waals surface area contributed by atoms with Crippen molar-refractivity contribution >= 4 is 17.5 Å². The van der Waals surface area contributed by atoms with E-state index in [1.165, 1.54) is 6.08 Å². The van der Waals surface area contributed by atoms with Gasteiger partial charge in [-0.1, -0.05) is 38.6 Å². The summed E-state index contributed by atoms with van der Waals surface area (Å²) in [5.74, 6) is 0.399. The maximum atomic E-state index is 13.5. The maximum absolute atomic E-state index is 13.5. The summed E-state index contributed by atoms with van der Waals surface area (Å²) in [6, 6.07) is 9.44. The first-order chi connectivity index (χ1) is 10.9. The molecule has 0 N–H and O–H groups in total. The summed E-state index contributed by atoms with van der Waals surface area (Å²) in [5, 5.41) is 3.28. The Balaban J connectivity index is 1.89.